The molecule has 0 aromatic carbocycles. The van der Waals surface area contributed by atoms with E-state index in [9.17, 15) is 0 Å². The number of allylic oxidation sites excluding steroid dienone is 2. The van der Waals surface area contributed by atoms with Crippen LogP contribution in [-0.2, 0) is 6.42 Å². The van der Waals surface area contributed by atoms with Crippen molar-refractivity contribution in [3.63, 3.8) is 0 Å². The molecule has 0 bridgehead atoms. The molecule has 0 amide bonds. The molecule has 1 nitrogen and oxygen atoms in total. The molecular formula is C13H15BrClN. The molecular weight excluding hydrogens is 286 g/mol. The molecule has 16 heavy (non-hydrogen) atoms. The van der Waals surface area contributed by atoms with Gasteiger partial charge in [0.1, 0.15) is 0 Å². The van der Waals surface area contributed by atoms with Crippen molar-refractivity contribution in [2.24, 2.45) is 0 Å². The number of alkyl halides is 1. The first kappa shape index (κ1) is 12.1. The van der Waals surface area contributed by atoms with E-state index < -0.39 is 0 Å². The Labute approximate surface area is 110 Å². The van der Waals surface area contributed by atoms with Gasteiger partial charge < -0.3 is 0 Å². The third-order valence-electron chi connectivity index (χ3n) is 2.84. The second-order valence-corrected chi connectivity index (χ2v) is 5.71. The molecule has 1 unspecified atom stereocenters. The maximum Gasteiger partial charge on any atom is 0.0518 e. The average molecular weight is 301 g/mol. The summed E-state index contributed by atoms with van der Waals surface area (Å²) < 4.78 is 1.03. The standard InChI is InChI=1S/C13H15BrClN/c14-11-5-6-13(16-9-11)8-10-3-1-2-4-12(15)7-10/h5-7,9,12H,1-4,8H2. The third kappa shape index (κ3) is 3.60. The van der Waals surface area contributed by atoms with Gasteiger partial charge in [-0.25, -0.2) is 0 Å². The minimum Gasteiger partial charge on any atom is -0.260 e. The number of nitrogens with zero attached hydrogens (tertiary/aromatic N) is 1. The predicted molar refractivity (Wildman–Crippen MR) is 71.8 cm³/mol. The van der Waals surface area contributed by atoms with Crippen LogP contribution in [0.25, 0.3) is 0 Å². The van der Waals surface area contributed by atoms with E-state index in [1.807, 2.05) is 12.3 Å². The highest BCUT2D eigenvalue weighted by Gasteiger charge is 2.10. The van der Waals surface area contributed by atoms with Crippen molar-refractivity contribution in [1.82, 2.24) is 4.98 Å². The zero-order chi connectivity index (χ0) is 11.4. The molecule has 0 N–H and O–H groups in total. The fraction of sp³-hybridized carbons (Fsp3) is 0.462. The van der Waals surface area contributed by atoms with Gasteiger partial charge in [-0.1, -0.05) is 18.1 Å². The van der Waals surface area contributed by atoms with Gasteiger partial charge in [-0.05, 0) is 47.3 Å². The van der Waals surface area contributed by atoms with E-state index in [4.69, 9.17) is 11.6 Å². The predicted octanol–water partition coefficient (Wildman–Crippen LogP) is 4.49. The highest BCUT2D eigenvalue weighted by molar-refractivity contribution is 9.10. The lowest BCUT2D eigenvalue weighted by molar-refractivity contribution is 0.709. The lowest BCUT2D eigenvalue weighted by atomic mass is 10.0. The molecule has 0 radical (unpaired) electrons. The lowest BCUT2D eigenvalue weighted by Gasteiger charge is -2.05. The fourth-order valence-electron chi connectivity index (χ4n) is 2.00. The summed E-state index contributed by atoms with van der Waals surface area (Å²) in [6, 6.07) is 4.11. The van der Waals surface area contributed by atoms with E-state index in [1.165, 1.54) is 24.8 Å². The molecule has 3 heteroatoms. The first-order chi connectivity index (χ1) is 7.74. The van der Waals surface area contributed by atoms with E-state index in [1.54, 1.807) is 0 Å². The molecule has 2 rings (SSSR count). The Balaban J connectivity index is 2.05. The molecule has 0 aliphatic heterocycles. The summed E-state index contributed by atoms with van der Waals surface area (Å²) in [5.41, 5.74) is 2.56. The van der Waals surface area contributed by atoms with Crippen LogP contribution in [-0.4, -0.2) is 10.4 Å². The number of hydrogen-bond donors (Lipinski definition) is 0. The molecule has 0 saturated carbocycles. The maximum absolute atomic E-state index is 6.20. The molecule has 0 saturated heterocycles. The minimum atomic E-state index is 0.216. The summed E-state index contributed by atoms with van der Waals surface area (Å²) in [5.74, 6) is 0. The summed E-state index contributed by atoms with van der Waals surface area (Å²) in [4.78, 5) is 4.40. The highest BCUT2D eigenvalue weighted by atomic mass is 79.9. The van der Waals surface area contributed by atoms with Crippen molar-refractivity contribution in [1.29, 1.82) is 0 Å². The van der Waals surface area contributed by atoms with Crippen molar-refractivity contribution in [3.05, 3.63) is 40.1 Å². The van der Waals surface area contributed by atoms with Crippen LogP contribution in [0.4, 0.5) is 0 Å². The van der Waals surface area contributed by atoms with E-state index in [2.05, 4.69) is 33.1 Å². The minimum absolute atomic E-state index is 0.216. The largest absolute Gasteiger partial charge is 0.260 e. The Bertz CT molecular complexity index is 372. The van der Waals surface area contributed by atoms with Crippen LogP contribution < -0.4 is 0 Å². The Morgan fingerprint density at radius 3 is 3.00 bits per heavy atom. The van der Waals surface area contributed by atoms with Crippen molar-refractivity contribution in [2.45, 2.75) is 37.5 Å². The highest BCUT2D eigenvalue weighted by Crippen LogP contribution is 2.23. The van der Waals surface area contributed by atoms with E-state index in [-0.39, 0.29) is 5.38 Å². The number of pyridine rings is 1. The molecule has 0 fully saturated rings. The lowest BCUT2D eigenvalue weighted by Crippen LogP contribution is -1.96. The van der Waals surface area contributed by atoms with Gasteiger partial charge in [-0.3, -0.25) is 4.98 Å². The SMILES string of the molecule is ClC1C=C(Cc2ccc(Br)cn2)CCCC1. The molecule has 1 aromatic rings. The van der Waals surface area contributed by atoms with Gasteiger partial charge in [0.05, 0.1) is 5.38 Å². The number of rotatable bonds is 2. The van der Waals surface area contributed by atoms with Crippen molar-refractivity contribution in [2.75, 3.05) is 0 Å². The van der Waals surface area contributed by atoms with E-state index in [0.717, 1.165) is 23.0 Å². The van der Waals surface area contributed by atoms with Gasteiger partial charge >= 0.3 is 0 Å². The normalized spacial score (nSPS) is 21.4. The molecule has 1 aliphatic carbocycles. The van der Waals surface area contributed by atoms with Crippen LogP contribution in [0, 0.1) is 0 Å². The van der Waals surface area contributed by atoms with Crippen LogP contribution >= 0.6 is 27.5 Å². The maximum atomic E-state index is 6.20. The Hall–Kier alpha value is -0.340. The molecule has 0 spiro atoms. The molecule has 86 valence electrons. The van der Waals surface area contributed by atoms with Crippen molar-refractivity contribution in [3.8, 4) is 0 Å². The van der Waals surface area contributed by atoms with Crippen LogP contribution in [0.15, 0.2) is 34.5 Å². The zero-order valence-electron chi connectivity index (χ0n) is 9.13. The van der Waals surface area contributed by atoms with Crippen LogP contribution in [0.5, 0.6) is 0 Å². The van der Waals surface area contributed by atoms with Gasteiger partial charge in [-0.2, -0.15) is 0 Å². The third-order valence-corrected chi connectivity index (χ3v) is 3.65. The molecule has 1 atom stereocenters. The topological polar surface area (TPSA) is 12.9 Å². The molecule has 1 heterocycles. The van der Waals surface area contributed by atoms with E-state index in [0.29, 0.717) is 0 Å². The Morgan fingerprint density at radius 1 is 1.38 bits per heavy atom. The summed E-state index contributed by atoms with van der Waals surface area (Å²) in [6.07, 6.45) is 9.78. The summed E-state index contributed by atoms with van der Waals surface area (Å²) in [6.45, 7) is 0. The fourth-order valence-corrected chi connectivity index (χ4v) is 2.57. The monoisotopic (exact) mass is 299 g/mol. The first-order valence-corrected chi connectivity index (χ1v) is 6.91. The smallest absolute Gasteiger partial charge is 0.0518 e. The Morgan fingerprint density at radius 2 is 2.25 bits per heavy atom. The second kappa shape index (κ2) is 5.83. The molecule has 1 aliphatic rings. The number of aromatic nitrogens is 1. The zero-order valence-corrected chi connectivity index (χ0v) is 11.5. The summed E-state index contributed by atoms with van der Waals surface area (Å²) in [5, 5.41) is 0.216. The number of halogens is 2. The average Bonchev–Trinajstić information content (AvgIpc) is 2.46. The van der Waals surface area contributed by atoms with Gasteiger partial charge in [-0.15, -0.1) is 11.6 Å². The van der Waals surface area contributed by atoms with Crippen LogP contribution in [0.1, 0.15) is 31.4 Å². The summed E-state index contributed by atoms with van der Waals surface area (Å²) in [7, 11) is 0. The number of hydrogen-bond acceptors (Lipinski definition) is 1. The molecule has 1 aromatic heterocycles. The second-order valence-electron chi connectivity index (χ2n) is 4.23. The first-order valence-electron chi connectivity index (χ1n) is 5.68. The van der Waals surface area contributed by atoms with Crippen molar-refractivity contribution < 1.29 is 0 Å². The van der Waals surface area contributed by atoms with Crippen molar-refractivity contribution >= 4 is 27.5 Å². The van der Waals surface area contributed by atoms with Crippen LogP contribution in [0.3, 0.4) is 0 Å². The van der Waals surface area contributed by atoms with Crippen LogP contribution in [0.2, 0.25) is 0 Å². The van der Waals surface area contributed by atoms with E-state index >= 15 is 0 Å². The van der Waals surface area contributed by atoms with Gasteiger partial charge in [0, 0.05) is 22.8 Å². The van der Waals surface area contributed by atoms with Gasteiger partial charge in [0.15, 0.2) is 0 Å². The van der Waals surface area contributed by atoms with Gasteiger partial charge in [0.2, 0.25) is 0 Å². The van der Waals surface area contributed by atoms with Gasteiger partial charge in [0.25, 0.3) is 0 Å². The Kier molecular flexibility index (Phi) is 4.42. The summed E-state index contributed by atoms with van der Waals surface area (Å²) >= 11 is 9.60. The quantitative estimate of drug-likeness (QED) is 0.579.